The smallest absolute Gasteiger partial charge is 0.308 e. The molecule has 3 nitrogen and oxygen atoms in total. The fourth-order valence-corrected chi connectivity index (χ4v) is 2.49. The van der Waals surface area contributed by atoms with Gasteiger partial charge in [-0.15, -0.1) is 0 Å². The summed E-state index contributed by atoms with van der Waals surface area (Å²) in [5.74, 6) is -0.613. The molecular formula is C12H20O3. The van der Waals surface area contributed by atoms with Crippen LogP contribution in [-0.4, -0.2) is 17.9 Å². The van der Waals surface area contributed by atoms with E-state index in [2.05, 4.69) is 6.92 Å². The van der Waals surface area contributed by atoms with Crippen LogP contribution in [0, 0.1) is 0 Å². The van der Waals surface area contributed by atoms with E-state index < -0.39 is 5.79 Å². The van der Waals surface area contributed by atoms with E-state index in [1.165, 1.54) is 19.3 Å². The van der Waals surface area contributed by atoms with Crippen LogP contribution in [0.2, 0.25) is 0 Å². The van der Waals surface area contributed by atoms with Gasteiger partial charge in [-0.1, -0.05) is 26.2 Å². The molecule has 0 aromatic carbocycles. The summed E-state index contributed by atoms with van der Waals surface area (Å²) in [7, 11) is 0. The minimum Gasteiger partial charge on any atom is -0.433 e. The van der Waals surface area contributed by atoms with Crippen molar-refractivity contribution >= 4 is 5.97 Å². The molecule has 0 amide bonds. The van der Waals surface area contributed by atoms with Crippen molar-refractivity contribution in [3.63, 3.8) is 0 Å². The Morgan fingerprint density at radius 3 is 2.93 bits per heavy atom. The van der Waals surface area contributed by atoms with Gasteiger partial charge in [0.1, 0.15) is 0 Å². The molecule has 0 aromatic heterocycles. The van der Waals surface area contributed by atoms with Crippen molar-refractivity contribution in [2.45, 2.75) is 70.2 Å². The van der Waals surface area contributed by atoms with Crippen LogP contribution < -0.4 is 0 Å². The summed E-state index contributed by atoms with van der Waals surface area (Å²) in [5, 5.41) is 0. The Morgan fingerprint density at radius 2 is 2.27 bits per heavy atom. The second-order valence-corrected chi connectivity index (χ2v) is 4.66. The van der Waals surface area contributed by atoms with Crippen molar-refractivity contribution in [3.8, 4) is 0 Å². The second-order valence-electron chi connectivity index (χ2n) is 4.66. The number of esters is 1. The van der Waals surface area contributed by atoms with Crippen LogP contribution in [0.3, 0.4) is 0 Å². The molecule has 0 bridgehead atoms. The van der Waals surface area contributed by atoms with Crippen LogP contribution in [0.5, 0.6) is 0 Å². The number of rotatable bonds is 4. The van der Waals surface area contributed by atoms with E-state index in [-0.39, 0.29) is 5.97 Å². The molecule has 0 aliphatic carbocycles. The van der Waals surface area contributed by atoms with Crippen LogP contribution in [0.15, 0.2) is 0 Å². The van der Waals surface area contributed by atoms with Gasteiger partial charge in [0.25, 0.3) is 0 Å². The number of unbranched alkanes of at least 4 members (excludes halogenated alkanes) is 2. The van der Waals surface area contributed by atoms with Crippen LogP contribution >= 0.6 is 0 Å². The van der Waals surface area contributed by atoms with E-state index >= 15 is 0 Å². The third kappa shape index (κ3) is 2.51. The van der Waals surface area contributed by atoms with Crippen molar-refractivity contribution in [1.82, 2.24) is 0 Å². The summed E-state index contributed by atoms with van der Waals surface area (Å²) in [6.45, 7) is 2.20. The summed E-state index contributed by atoms with van der Waals surface area (Å²) in [6.07, 6.45) is 8.42. The van der Waals surface area contributed by atoms with E-state index in [0.717, 1.165) is 25.7 Å². The van der Waals surface area contributed by atoms with Crippen molar-refractivity contribution < 1.29 is 14.3 Å². The highest BCUT2D eigenvalue weighted by Crippen LogP contribution is 2.40. The second kappa shape index (κ2) is 4.52. The Morgan fingerprint density at radius 1 is 1.40 bits per heavy atom. The first-order valence-corrected chi connectivity index (χ1v) is 6.14. The molecule has 0 N–H and O–H groups in total. The predicted molar refractivity (Wildman–Crippen MR) is 56.3 cm³/mol. The average Bonchev–Trinajstić information content (AvgIpc) is 2.76. The quantitative estimate of drug-likeness (QED) is 0.531. The highest BCUT2D eigenvalue weighted by atomic mass is 16.7. The zero-order chi connectivity index (χ0) is 10.7. The summed E-state index contributed by atoms with van der Waals surface area (Å²) >= 11 is 0. The molecule has 2 rings (SSSR count). The minimum absolute atomic E-state index is 0.0933. The zero-order valence-electron chi connectivity index (χ0n) is 9.46. The Kier molecular flexibility index (Phi) is 3.29. The molecule has 0 saturated carbocycles. The number of carbonyl (C=O) groups excluding carboxylic acids is 1. The lowest BCUT2D eigenvalue weighted by Gasteiger charge is -2.22. The van der Waals surface area contributed by atoms with E-state index in [1.54, 1.807) is 0 Å². The average molecular weight is 212 g/mol. The third-order valence-electron chi connectivity index (χ3n) is 3.37. The first-order chi connectivity index (χ1) is 7.24. The third-order valence-corrected chi connectivity index (χ3v) is 3.37. The van der Waals surface area contributed by atoms with Crippen molar-refractivity contribution in [1.29, 1.82) is 0 Å². The van der Waals surface area contributed by atoms with E-state index in [0.29, 0.717) is 12.5 Å². The van der Waals surface area contributed by atoms with Crippen molar-refractivity contribution in [2.75, 3.05) is 0 Å². The lowest BCUT2D eigenvalue weighted by molar-refractivity contribution is -0.205. The van der Waals surface area contributed by atoms with Gasteiger partial charge in [0.15, 0.2) is 0 Å². The van der Waals surface area contributed by atoms with Crippen molar-refractivity contribution in [3.05, 3.63) is 0 Å². The van der Waals surface area contributed by atoms with Gasteiger partial charge in [-0.2, -0.15) is 0 Å². The van der Waals surface area contributed by atoms with Crippen LogP contribution in [0.1, 0.15) is 58.3 Å². The number of carbonyl (C=O) groups is 1. The number of hydrogen-bond acceptors (Lipinski definition) is 3. The van der Waals surface area contributed by atoms with Gasteiger partial charge in [-0.05, 0) is 12.8 Å². The summed E-state index contributed by atoms with van der Waals surface area (Å²) in [4.78, 5) is 11.1. The molecule has 2 atom stereocenters. The highest BCUT2D eigenvalue weighted by Gasteiger charge is 2.47. The maximum absolute atomic E-state index is 11.1. The summed E-state index contributed by atoms with van der Waals surface area (Å²) in [6, 6.07) is 0. The first-order valence-electron chi connectivity index (χ1n) is 6.14. The maximum Gasteiger partial charge on any atom is 0.308 e. The molecular weight excluding hydrogens is 192 g/mol. The highest BCUT2D eigenvalue weighted by molar-refractivity contribution is 5.72. The van der Waals surface area contributed by atoms with E-state index in [9.17, 15) is 4.79 Å². The topological polar surface area (TPSA) is 35.5 Å². The lowest BCUT2D eigenvalue weighted by Crippen LogP contribution is -2.28. The molecule has 0 aromatic rings. The van der Waals surface area contributed by atoms with E-state index in [1.807, 2.05) is 0 Å². The molecule has 1 spiro atoms. The van der Waals surface area contributed by atoms with E-state index in [4.69, 9.17) is 9.47 Å². The van der Waals surface area contributed by atoms with Gasteiger partial charge >= 0.3 is 5.97 Å². The molecule has 1 unspecified atom stereocenters. The molecule has 2 aliphatic heterocycles. The van der Waals surface area contributed by atoms with Crippen LogP contribution in [-0.2, 0) is 14.3 Å². The Balaban J connectivity index is 1.77. The SMILES string of the molecule is CCCCC[C@@H]1CCC2(CCC(=O)O2)O1. The molecule has 0 radical (unpaired) electrons. The zero-order valence-corrected chi connectivity index (χ0v) is 9.46. The molecule has 2 fully saturated rings. The maximum atomic E-state index is 11.1. The lowest BCUT2D eigenvalue weighted by atomic mass is 10.1. The Bertz CT molecular complexity index is 239. The molecule has 3 heteroatoms. The van der Waals surface area contributed by atoms with Gasteiger partial charge in [0.2, 0.25) is 5.79 Å². The van der Waals surface area contributed by atoms with Gasteiger partial charge in [-0.3, -0.25) is 4.79 Å². The Labute approximate surface area is 91.1 Å². The minimum atomic E-state index is -0.520. The molecule has 86 valence electrons. The van der Waals surface area contributed by atoms with Gasteiger partial charge in [-0.25, -0.2) is 0 Å². The van der Waals surface area contributed by atoms with Crippen molar-refractivity contribution in [2.24, 2.45) is 0 Å². The first kappa shape index (κ1) is 10.9. The molecule has 2 heterocycles. The summed E-state index contributed by atoms with van der Waals surface area (Å²) < 4.78 is 11.2. The molecule has 2 saturated heterocycles. The monoisotopic (exact) mass is 212 g/mol. The van der Waals surface area contributed by atoms with Gasteiger partial charge in [0, 0.05) is 12.8 Å². The van der Waals surface area contributed by atoms with Crippen LogP contribution in [0.25, 0.3) is 0 Å². The normalized spacial score (nSPS) is 35.0. The fraction of sp³-hybridized carbons (Fsp3) is 0.917. The standard InChI is InChI=1S/C12H20O3/c1-2-3-4-5-10-6-8-12(14-10)9-7-11(13)15-12/h10H,2-9H2,1H3/t10-,12?/m1/s1. The van der Waals surface area contributed by atoms with Gasteiger partial charge in [0.05, 0.1) is 12.5 Å². The number of ether oxygens (including phenoxy) is 2. The largest absolute Gasteiger partial charge is 0.433 e. The number of hydrogen-bond donors (Lipinski definition) is 0. The Hall–Kier alpha value is -0.570. The fourth-order valence-electron chi connectivity index (χ4n) is 2.49. The molecule has 2 aliphatic rings. The van der Waals surface area contributed by atoms with Gasteiger partial charge < -0.3 is 9.47 Å². The summed E-state index contributed by atoms with van der Waals surface area (Å²) in [5.41, 5.74) is 0. The predicted octanol–water partition coefficient (Wildman–Crippen LogP) is 2.78. The molecule has 15 heavy (non-hydrogen) atoms. The van der Waals surface area contributed by atoms with Crippen LogP contribution in [0.4, 0.5) is 0 Å².